The van der Waals surface area contributed by atoms with Gasteiger partial charge in [0.25, 0.3) is 0 Å². The number of fused-ring (bicyclic) bond motifs is 5. The first-order valence-electron chi connectivity index (χ1n) is 13.3. The van der Waals surface area contributed by atoms with Crippen LogP contribution in [-0.4, -0.2) is 11.9 Å². The van der Waals surface area contributed by atoms with Crippen LogP contribution >= 0.6 is 0 Å². The molecule has 3 unspecified atom stereocenters. The largest absolute Gasteiger partial charge is 0.353 e. The summed E-state index contributed by atoms with van der Waals surface area (Å²) >= 11 is 0. The summed E-state index contributed by atoms with van der Waals surface area (Å²) in [6, 6.07) is 11.5. The highest BCUT2D eigenvalue weighted by atomic mass is 16.1. The zero-order valence-electron chi connectivity index (χ0n) is 20.0. The Bertz CT molecular complexity index is 789. The van der Waals surface area contributed by atoms with Gasteiger partial charge in [-0.05, 0) is 104 Å². The summed E-state index contributed by atoms with van der Waals surface area (Å²) in [6.45, 7) is 7.60. The first kappa shape index (κ1) is 21.5. The smallest absolute Gasteiger partial charge is 0.220 e. The van der Waals surface area contributed by atoms with E-state index >= 15 is 0 Å². The van der Waals surface area contributed by atoms with Gasteiger partial charge < -0.3 is 5.32 Å². The molecule has 1 aliphatic heterocycles. The van der Waals surface area contributed by atoms with Gasteiger partial charge in [-0.25, -0.2) is 0 Å². The third-order valence-corrected chi connectivity index (χ3v) is 10.8. The highest BCUT2D eigenvalue weighted by Crippen LogP contribution is 2.66. The second-order valence-electron chi connectivity index (χ2n) is 12.1. The number of amides is 1. The normalized spacial score (nSPS) is 42.8. The molecule has 0 aromatic heterocycles. The maximum Gasteiger partial charge on any atom is 0.220 e. The molecule has 2 nitrogen and oxygen atoms in total. The zero-order chi connectivity index (χ0) is 21.6. The summed E-state index contributed by atoms with van der Waals surface area (Å²) in [4.78, 5) is 12.0. The molecule has 31 heavy (non-hydrogen) atoms. The molecule has 4 aliphatic rings. The standard InChI is InChI=1S/C29H43NO/c1-20(21-9-5-4-6-10-21)8-7-11-22-12-14-24-23-13-15-26-29(3,19-17-27(31)30-26)25(23)16-18-28(22,24)2/h4-6,9-10,20,22-26H,7-8,11-19H2,1-3H3,(H,30,31)/t20?,22?,23-,24-,25+,26?,28+,29+/m0/s1. The maximum atomic E-state index is 12.0. The minimum absolute atomic E-state index is 0.298. The monoisotopic (exact) mass is 421 g/mol. The van der Waals surface area contributed by atoms with Gasteiger partial charge in [-0.2, -0.15) is 0 Å². The topological polar surface area (TPSA) is 29.1 Å². The molecule has 1 aromatic rings. The molecule has 1 amide bonds. The summed E-state index contributed by atoms with van der Waals surface area (Å²) in [5, 5.41) is 3.38. The lowest BCUT2D eigenvalue weighted by Crippen LogP contribution is -2.61. The van der Waals surface area contributed by atoms with Gasteiger partial charge in [0.1, 0.15) is 0 Å². The van der Waals surface area contributed by atoms with Crippen LogP contribution in [0.1, 0.15) is 103 Å². The molecule has 0 bridgehead atoms. The van der Waals surface area contributed by atoms with Gasteiger partial charge in [-0.15, -0.1) is 0 Å². The van der Waals surface area contributed by atoms with E-state index in [1.165, 1.54) is 63.4 Å². The van der Waals surface area contributed by atoms with Crippen molar-refractivity contribution < 1.29 is 4.79 Å². The number of piperidine rings is 1. The second kappa shape index (κ2) is 8.23. The Morgan fingerprint density at radius 1 is 0.968 bits per heavy atom. The Labute approximate surface area is 190 Å². The van der Waals surface area contributed by atoms with Crippen LogP contribution in [0, 0.1) is 34.5 Å². The van der Waals surface area contributed by atoms with Gasteiger partial charge in [-0.3, -0.25) is 4.79 Å². The Morgan fingerprint density at radius 3 is 2.55 bits per heavy atom. The predicted octanol–water partition coefficient (Wildman–Crippen LogP) is 7.10. The van der Waals surface area contributed by atoms with Crippen molar-refractivity contribution in [2.75, 3.05) is 0 Å². The lowest BCUT2D eigenvalue weighted by atomic mass is 9.47. The molecule has 2 heteroatoms. The van der Waals surface area contributed by atoms with Crippen LogP contribution in [0.4, 0.5) is 0 Å². The van der Waals surface area contributed by atoms with Crippen LogP contribution in [0.2, 0.25) is 0 Å². The molecule has 5 rings (SSSR count). The van der Waals surface area contributed by atoms with Crippen molar-refractivity contribution in [2.45, 2.75) is 103 Å². The molecule has 8 atom stereocenters. The van der Waals surface area contributed by atoms with Crippen molar-refractivity contribution in [3.05, 3.63) is 35.9 Å². The van der Waals surface area contributed by atoms with Gasteiger partial charge >= 0.3 is 0 Å². The van der Waals surface area contributed by atoms with Crippen LogP contribution in [0.3, 0.4) is 0 Å². The van der Waals surface area contributed by atoms with E-state index in [1.807, 2.05) is 0 Å². The van der Waals surface area contributed by atoms with Crippen molar-refractivity contribution in [1.82, 2.24) is 5.32 Å². The lowest BCUT2D eigenvalue weighted by Gasteiger charge is -2.60. The van der Waals surface area contributed by atoms with Crippen LogP contribution in [-0.2, 0) is 4.79 Å². The van der Waals surface area contributed by atoms with Crippen molar-refractivity contribution in [3.8, 4) is 0 Å². The summed E-state index contributed by atoms with van der Waals surface area (Å²) in [5.74, 6) is 4.58. The number of carbonyl (C=O) groups excluding carboxylic acids is 1. The van der Waals surface area contributed by atoms with Gasteiger partial charge in [0.2, 0.25) is 5.91 Å². The Kier molecular flexibility index (Phi) is 5.72. The average molecular weight is 422 g/mol. The number of hydrogen-bond acceptors (Lipinski definition) is 1. The molecular weight excluding hydrogens is 378 g/mol. The second-order valence-corrected chi connectivity index (χ2v) is 12.1. The summed E-state index contributed by atoms with van der Waals surface area (Å²) in [6.07, 6.45) is 14.3. The zero-order valence-corrected chi connectivity index (χ0v) is 20.0. The minimum Gasteiger partial charge on any atom is -0.353 e. The van der Waals surface area contributed by atoms with Crippen molar-refractivity contribution >= 4 is 5.91 Å². The van der Waals surface area contributed by atoms with E-state index in [2.05, 4.69) is 56.4 Å². The molecule has 1 heterocycles. The molecule has 1 saturated heterocycles. The lowest BCUT2D eigenvalue weighted by molar-refractivity contribution is -0.136. The fraction of sp³-hybridized carbons (Fsp3) is 0.759. The highest BCUT2D eigenvalue weighted by Gasteiger charge is 2.60. The molecule has 0 spiro atoms. The van der Waals surface area contributed by atoms with Crippen molar-refractivity contribution in [2.24, 2.45) is 34.5 Å². The Hall–Kier alpha value is -1.31. The molecule has 170 valence electrons. The van der Waals surface area contributed by atoms with Gasteiger partial charge in [0, 0.05) is 12.5 Å². The summed E-state index contributed by atoms with van der Waals surface area (Å²) in [5.41, 5.74) is 2.42. The number of rotatable bonds is 5. The molecule has 1 aromatic carbocycles. The quantitative estimate of drug-likeness (QED) is 0.540. The molecule has 0 radical (unpaired) electrons. The van der Waals surface area contributed by atoms with E-state index in [0.29, 0.717) is 28.7 Å². The van der Waals surface area contributed by atoms with E-state index in [-0.39, 0.29) is 0 Å². The van der Waals surface area contributed by atoms with E-state index in [1.54, 1.807) is 0 Å². The number of hydrogen-bond donors (Lipinski definition) is 1. The molecule has 1 N–H and O–H groups in total. The fourth-order valence-electron chi connectivity index (χ4n) is 8.90. The number of carbonyl (C=O) groups is 1. The summed E-state index contributed by atoms with van der Waals surface area (Å²) in [7, 11) is 0. The van der Waals surface area contributed by atoms with E-state index in [9.17, 15) is 4.79 Å². The fourth-order valence-corrected chi connectivity index (χ4v) is 8.90. The van der Waals surface area contributed by atoms with E-state index in [4.69, 9.17) is 0 Å². The number of benzene rings is 1. The summed E-state index contributed by atoms with van der Waals surface area (Å²) < 4.78 is 0. The highest BCUT2D eigenvalue weighted by molar-refractivity contribution is 5.77. The van der Waals surface area contributed by atoms with Gasteiger partial charge in [-0.1, -0.05) is 57.5 Å². The maximum absolute atomic E-state index is 12.0. The van der Waals surface area contributed by atoms with Crippen LogP contribution in [0.25, 0.3) is 0 Å². The SMILES string of the molecule is CC(CCCC1CC[C@H]2[C@@H]3CCC4NC(=O)CC[C@]4(C)[C@@H]3CC[C@]12C)c1ccccc1. The predicted molar refractivity (Wildman–Crippen MR) is 128 cm³/mol. The first-order chi connectivity index (χ1) is 14.9. The Balaban J connectivity index is 1.22. The first-order valence-corrected chi connectivity index (χ1v) is 13.3. The molecule has 3 aliphatic carbocycles. The van der Waals surface area contributed by atoms with E-state index < -0.39 is 0 Å². The van der Waals surface area contributed by atoms with Crippen LogP contribution in [0.15, 0.2) is 30.3 Å². The van der Waals surface area contributed by atoms with Gasteiger partial charge in [0.05, 0.1) is 0 Å². The van der Waals surface area contributed by atoms with Gasteiger partial charge in [0.15, 0.2) is 0 Å². The molecule has 4 fully saturated rings. The third-order valence-electron chi connectivity index (χ3n) is 10.8. The van der Waals surface area contributed by atoms with Crippen LogP contribution < -0.4 is 5.32 Å². The van der Waals surface area contributed by atoms with Crippen molar-refractivity contribution in [1.29, 1.82) is 0 Å². The van der Waals surface area contributed by atoms with E-state index in [0.717, 1.165) is 36.5 Å². The third kappa shape index (κ3) is 3.66. The Morgan fingerprint density at radius 2 is 1.74 bits per heavy atom. The van der Waals surface area contributed by atoms with Crippen LogP contribution in [0.5, 0.6) is 0 Å². The van der Waals surface area contributed by atoms with Crippen molar-refractivity contribution in [3.63, 3.8) is 0 Å². The minimum atomic E-state index is 0.298. The molecular formula is C29H43NO. The molecule has 3 saturated carbocycles. The average Bonchev–Trinajstić information content (AvgIpc) is 3.11. The number of nitrogens with one attached hydrogen (secondary N) is 1.